The minimum absolute atomic E-state index is 0. The number of benzene rings is 3. The fourth-order valence-electron chi connectivity index (χ4n) is 4.24. The molecule has 0 N–H and O–H groups in total. The van der Waals surface area contributed by atoms with Crippen LogP contribution in [0.3, 0.4) is 0 Å². The van der Waals surface area contributed by atoms with Crippen molar-refractivity contribution in [1.29, 1.82) is 0 Å². The lowest BCUT2D eigenvalue weighted by Gasteiger charge is -2.21. The van der Waals surface area contributed by atoms with Gasteiger partial charge in [-0.3, -0.25) is 0 Å². The summed E-state index contributed by atoms with van der Waals surface area (Å²) in [5.74, 6) is 0. The third-order valence-corrected chi connectivity index (χ3v) is 7.29. The van der Waals surface area contributed by atoms with Crippen LogP contribution in [-0.2, 0) is 6.54 Å². The van der Waals surface area contributed by atoms with Crippen molar-refractivity contribution in [3.8, 4) is 5.69 Å². The molecule has 1 aromatic heterocycles. The van der Waals surface area contributed by atoms with Gasteiger partial charge >= 0.3 is 0 Å². The number of halogens is 2. The molecule has 5 rings (SSSR count). The highest BCUT2D eigenvalue weighted by Crippen LogP contribution is 2.47. The normalized spacial score (nSPS) is 13.7. The fourth-order valence-corrected chi connectivity index (χ4v) is 5.63. The summed E-state index contributed by atoms with van der Waals surface area (Å²) in [7, 11) is 0. The molecule has 1 aliphatic rings. The van der Waals surface area contributed by atoms with E-state index >= 15 is 0 Å². The van der Waals surface area contributed by atoms with Crippen molar-refractivity contribution in [3.63, 3.8) is 0 Å². The monoisotopic (exact) mass is 626 g/mol. The van der Waals surface area contributed by atoms with Crippen LogP contribution in [0, 0.1) is 13.8 Å². The third-order valence-electron chi connectivity index (χ3n) is 5.65. The Morgan fingerprint density at radius 1 is 0.848 bits per heavy atom. The molecule has 5 heteroatoms. The molecule has 0 atom stereocenters. The highest BCUT2D eigenvalue weighted by atomic mass is 127. The van der Waals surface area contributed by atoms with Crippen molar-refractivity contribution >= 4 is 39.5 Å². The van der Waals surface area contributed by atoms with Crippen molar-refractivity contribution in [2.75, 3.05) is 4.90 Å². The first-order valence-electron chi connectivity index (χ1n) is 10.7. The van der Waals surface area contributed by atoms with E-state index in [-0.39, 0.29) is 24.0 Å². The molecule has 0 bridgehead atoms. The number of fused-ring (bicyclic) bond motifs is 1. The zero-order valence-corrected chi connectivity index (χ0v) is 23.1. The van der Waals surface area contributed by atoms with Crippen molar-refractivity contribution in [2.45, 2.75) is 25.3 Å². The average Bonchev–Trinajstić information content (AvgIpc) is 3.12. The molecule has 0 fully saturated rings. The molecule has 0 unspecified atom stereocenters. The van der Waals surface area contributed by atoms with Gasteiger partial charge in [-0.25, -0.2) is 0 Å². The lowest BCUT2D eigenvalue weighted by molar-refractivity contribution is -0.609. The van der Waals surface area contributed by atoms with Crippen LogP contribution in [0.25, 0.3) is 11.8 Å². The van der Waals surface area contributed by atoms with Gasteiger partial charge in [-0.05, 0) is 41.5 Å². The van der Waals surface area contributed by atoms with E-state index in [1.165, 1.54) is 43.8 Å². The Balaban J connectivity index is 0.00000259. The van der Waals surface area contributed by atoms with Crippen molar-refractivity contribution in [2.24, 2.45) is 0 Å². The summed E-state index contributed by atoms with van der Waals surface area (Å²) in [6.45, 7) is 5.21. The Labute approximate surface area is 225 Å². The smallest absolute Gasteiger partial charge is 0.211 e. The summed E-state index contributed by atoms with van der Waals surface area (Å²) in [4.78, 5) is 3.74. The second-order valence-electron chi connectivity index (χ2n) is 8.01. The lowest BCUT2D eigenvalue weighted by atomic mass is 10.1. The minimum Gasteiger partial charge on any atom is -1.00 e. The van der Waals surface area contributed by atoms with E-state index in [4.69, 9.17) is 0 Å². The van der Waals surface area contributed by atoms with E-state index in [0.717, 1.165) is 11.0 Å². The van der Waals surface area contributed by atoms with Gasteiger partial charge in [0.15, 0.2) is 11.4 Å². The van der Waals surface area contributed by atoms with Crippen LogP contribution in [0.5, 0.6) is 0 Å². The molecule has 0 saturated carbocycles. The molecular weight excluding hydrogens is 603 g/mol. The molecule has 4 aromatic rings. The van der Waals surface area contributed by atoms with Crippen molar-refractivity contribution in [3.05, 3.63) is 123 Å². The molecule has 0 radical (unpaired) electrons. The molecule has 33 heavy (non-hydrogen) atoms. The Hall–Kier alpha value is -2.09. The summed E-state index contributed by atoms with van der Waals surface area (Å²) in [6, 6.07) is 32.4. The van der Waals surface area contributed by atoms with E-state index in [0.29, 0.717) is 0 Å². The molecule has 2 heterocycles. The predicted octanol–water partition coefficient (Wildman–Crippen LogP) is 4.46. The van der Waals surface area contributed by atoms with Gasteiger partial charge in [-0.1, -0.05) is 70.2 Å². The van der Waals surface area contributed by atoms with Crippen LogP contribution >= 0.6 is 27.7 Å². The number of aromatic nitrogens is 1. The maximum atomic E-state index is 3.53. The largest absolute Gasteiger partial charge is 1.00 e. The number of anilines is 1. The average molecular weight is 627 g/mol. The number of nitrogens with zero attached hydrogens (tertiary/aromatic N) is 2. The fraction of sp³-hybridized carbons (Fsp3) is 0.107. The summed E-state index contributed by atoms with van der Waals surface area (Å²) >= 11 is 5.38. The first-order chi connectivity index (χ1) is 15.6. The zero-order chi connectivity index (χ0) is 22.1. The van der Waals surface area contributed by atoms with Gasteiger partial charge in [0.05, 0.1) is 10.7 Å². The Kier molecular flexibility index (Phi) is 7.62. The van der Waals surface area contributed by atoms with E-state index in [9.17, 15) is 0 Å². The maximum Gasteiger partial charge on any atom is 0.211 e. The molecule has 3 aromatic carbocycles. The number of hydrogen-bond donors (Lipinski definition) is 0. The van der Waals surface area contributed by atoms with Crippen LogP contribution < -0.4 is 33.4 Å². The van der Waals surface area contributed by atoms with Crippen LogP contribution in [0.2, 0.25) is 0 Å². The number of pyridine rings is 1. The molecule has 0 spiro atoms. The zero-order valence-electron chi connectivity index (χ0n) is 18.5. The van der Waals surface area contributed by atoms with E-state index in [2.05, 4.69) is 136 Å². The third kappa shape index (κ3) is 5.20. The van der Waals surface area contributed by atoms with Gasteiger partial charge in [0.2, 0.25) is 5.69 Å². The van der Waals surface area contributed by atoms with E-state index in [1.54, 1.807) is 0 Å². The van der Waals surface area contributed by atoms with E-state index in [1.807, 2.05) is 11.8 Å². The molecule has 2 nitrogen and oxygen atoms in total. The molecular formula is C28H24BrIN2S. The quantitative estimate of drug-likeness (QED) is 0.244. The van der Waals surface area contributed by atoms with Crippen molar-refractivity contribution < 1.29 is 28.5 Å². The standard InChI is InChI=1S/C28H24BrN2S.HI/c1-20-16-23(17-21(2)31(20)25-14-12-24(29)13-15-25)18-28-30(19-22-8-4-3-5-9-22)26-10-6-7-11-27(26)32-28;/h3-18H,19H2,1-2H3;1H/q+1;/p-1. The lowest BCUT2D eigenvalue weighted by Crippen LogP contribution is -3.00. The number of para-hydroxylation sites is 1. The summed E-state index contributed by atoms with van der Waals surface area (Å²) in [6.07, 6.45) is 2.32. The number of thioether (sulfide) groups is 1. The first-order valence-corrected chi connectivity index (χ1v) is 12.3. The Morgan fingerprint density at radius 3 is 2.18 bits per heavy atom. The number of aryl methyl sites for hydroxylation is 2. The van der Waals surface area contributed by atoms with Gasteiger partial charge in [0.25, 0.3) is 0 Å². The second kappa shape index (κ2) is 10.5. The molecule has 0 amide bonds. The Bertz CT molecular complexity index is 1280. The highest BCUT2D eigenvalue weighted by molar-refractivity contribution is 9.10. The summed E-state index contributed by atoms with van der Waals surface area (Å²) < 4.78 is 3.39. The molecule has 0 aliphatic carbocycles. The van der Waals surface area contributed by atoms with Gasteiger partial charge in [0.1, 0.15) is 0 Å². The van der Waals surface area contributed by atoms with Crippen molar-refractivity contribution in [1.82, 2.24) is 0 Å². The molecule has 0 saturated heterocycles. The second-order valence-corrected chi connectivity index (χ2v) is 9.99. The van der Waals surface area contributed by atoms with E-state index < -0.39 is 0 Å². The van der Waals surface area contributed by atoms with Gasteiger partial charge in [0, 0.05) is 54.0 Å². The first kappa shape index (κ1) is 24.0. The van der Waals surface area contributed by atoms with Crippen LogP contribution in [0.1, 0.15) is 22.5 Å². The summed E-state index contributed by atoms with van der Waals surface area (Å²) in [5.41, 5.74) is 7.42. The topological polar surface area (TPSA) is 7.12 Å². The SMILES string of the molecule is Cc1cc(/C=C2\Sc3ccccc3N2Cc2ccccc2)cc(C)[n+]1-c1ccc(Br)cc1.[I-]. The molecule has 166 valence electrons. The van der Waals surface area contributed by atoms with Crippen LogP contribution in [0.15, 0.2) is 105 Å². The minimum atomic E-state index is 0. The maximum absolute atomic E-state index is 3.53. The Morgan fingerprint density at radius 2 is 1.48 bits per heavy atom. The van der Waals surface area contributed by atoms with Crippen LogP contribution in [0.4, 0.5) is 5.69 Å². The van der Waals surface area contributed by atoms with Gasteiger partial charge in [-0.2, -0.15) is 4.57 Å². The van der Waals surface area contributed by atoms with Crippen LogP contribution in [-0.4, -0.2) is 0 Å². The van der Waals surface area contributed by atoms with Gasteiger partial charge in [-0.15, -0.1) is 0 Å². The molecule has 1 aliphatic heterocycles. The number of rotatable bonds is 4. The predicted molar refractivity (Wildman–Crippen MR) is 138 cm³/mol. The summed E-state index contributed by atoms with van der Waals surface area (Å²) in [5, 5.41) is 1.26. The highest BCUT2D eigenvalue weighted by Gasteiger charge is 2.25. The van der Waals surface area contributed by atoms with Gasteiger partial charge < -0.3 is 28.9 Å². The number of hydrogen-bond acceptors (Lipinski definition) is 2.